The van der Waals surface area contributed by atoms with E-state index in [0.29, 0.717) is 18.2 Å². The summed E-state index contributed by atoms with van der Waals surface area (Å²) < 4.78 is 0. The Morgan fingerprint density at radius 1 is 1.38 bits per heavy atom. The summed E-state index contributed by atoms with van der Waals surface area (Å²) in [5.74, 6) is 6.12. The molecule has 0 unspecified atom stereocenters. The van der Waals surface area contributed by atoms with Crippen LogP contribution in [0.25, 0.3) is 0 Å². The van der Waals surface area contributed by atoms with Crippen LogP contribution in [0.2, 0.25) is 0 Å². The maximum absolute atomic E-state index is 11.5. The van der Waals surface area contributed by atoms with Crippen molar-refractivity contribution < 1.29 is 4.79 Å². The van der Waals surface area contributed by atoms with Gasteiger partial charge in [-0.1, -0.05) is 5.92 Å². The first-order valence-electron chi connectivity index (χ1n) is 4.92. The molecule has 2 nitrogen and oxygen atoms in total. The Labute approximate surface area is 79.9 Å². The van der Waals surface area contributed by atoms with E-state index in [1.807, 2.05) is 0 Å². The molecule has 0 aromatic heterocycles. The van der Waals surface area contributed by atoms with Gasteiger partial charge in [-0.05, 0) is 32.6 Å². The van der Waals surface area contributed by atoms with Gasteiger partial charge in [-0.15, -0.1) is 5.92 Å². The van der Waals surface area contributed by atoms with Crippen LogP contribution in [-0.4, -0.2) is 11.8 Å². The average Bonchev–Trinajstić information content (AvgIpc) is 2.15. The molecule has 0 heterocycles. The van der Waals surface area contributed by atoms with Crippen molar-refractivity contribution in [3.63, 3.8) is 0 Å². The lowest BCUT2D eigenvalue weighted by Crippen LogP contribution is -2.29. The van der Waals surface area contributed by atoms with Crippen LogP contribution in [0, 0.1) is 17.8 Å². The van der Waals surface area contributed by atoms with E-state index >= 15 is 0 Å². The molecule has 0 spiro atoms. The maximum atomic E-state index is 11.5. The second-order valence-electron chi connectivity index (χ2n) is 3.68. The highest BCUT2D eigenvalue weighted by Crippen LogP contribution is 2.24. The third kappa shape index (κ3) is 3.20. The molecule has 72 valence electrons. The van der Waals surface area contributed by atoms with Gasteiger partial charge >= 0.3 is 0 Å². The molecule has 1 aliphatic rings. The van der Waals surface area contributed by atoms with Crippen molar-refractivity contribution in [1.29, 1.82) is 0 Å². The first kappa shape index (κ1) is 10.3. The number of carbonyl (C=O) groups excluding carboxylic acids is 1. The minimum atomic E-state index is 0.237. The summed E-state index contributed by atoms with van der Waals surface area (Å²) >= 11 is 0. The largest absolute Gasteiger partial charge is 0.328 e. The van der Waals surface area contributed by atoms with Crippen molar-refractivity contribution in [1.82, 2.24) is 0 Å². The summed E-state index contributed by atoms with van der Waals surface area (Å²) in [6.07, 6.45) is 4.35. The normalized spacial score (nSPS) is 27.5. The number of ketones is 1. The molecule has 2 heteroatoms. The molecule has 0 aliphatic heterocycles. The van der Waals surface area contributed by atoms with Gasteiger partial charge in [0.05, 0.1) is 6.42 Å². The standard InChI is InChI=1S/C11H17NO/c1-2-3-4-11(13)9-5-7-10(12)8-6-9/h9-10H,4-8,12H2,1H3. The van der Waals surface area contributed by atoms with E-state index in [9.17, 15) is 4.79 Å². The van der Waals surface area contributed by atoms with Gasteiger partial charge in [-0.25, -0.2) is 0 Å². The van der Waals surface area contributed by atoms with Crippen molar-refractivity contribution in [2.45, 2.75) is 45.1 Å². The van der Waals surface area contributed by atoms with Gasteiger partial charge in [0.1, 0.15) is 5.78 Å². The van der Waals surface area contributed by atoms with E-state index < -0.39 is 0 Å². The van der Waals surface area contributed by atoms with Crippen molar-refractivity contribution in [2.75, 3.05) is 0 Å². The summed E-state index contributed by atoms with van der Waals surface area (Å²) in [5.41, 5.74) is 5.76. The van der Waals surface area contributed by atoms with Crippen LogP contribution in [0.15, 0.2) is 0 Å². The number of hydrogen-bond acceptors (Lipinski definition) is 2. The Balaban J connectivity index is 2.34. The van der Waals surface area contributed by atoms with Crippen LogP contribution < -0.4 is 5.73 Å². The topological polar surface area (TPSA) is 43.1 Å². The fraction of sp³-hybridized carbons (Fsp3) is 0.727. The predicted octanol–water partition coefficient (Wildman–Crippen LogP) is 1.49. The molecule has 0 amide bonds. The van der Waals surface area contributed by atoms with E-state index in [2.05, 4.69) is 11.8 Å². The zero-order valence-electron chi connectivity index (χ0n) is 8.18. The van der Waals surface area contributed by atoms with Gasteiger partial charge < -0.3 is 5.73 Å². The van der Waals surface area contributed by atoms with E-state index in [0.717, 1.165) is 25.7 Å². The summed E-state index contributed by atoms with van der Waals surface area (Å²) in [5, 5.41) is 0. The monoisotopic (exact) mass is 179 g/mol. The highest BCUT2D eigenvalue weighted by atomic mass is 16.1. The van der Waals surface area contributed by atoms with Crippen molar-refractivity contribution in [2.24, 2.45) is 11.7 Å². The van der Waals surface area contributed by atoms with E-state index in [-0.39, 0.29) is 5.92 Å². The molecule has 13 heavy (non-hydrogen) atoms. The van der Waals surface area contributed by atoms with Crippen LogP contribution in [0.1, 0.15) is 39.0 Å². The first-order chi connectivity index (χ1) is 6.24. The highest BCUT2D eigenvalue weighted by Gasteiger charge is 2.23. The van der Waals surface area contributed by atoms with Crippen LogP contribution in [0.4, 0.5) is 0 Å². The van der Waals surface area contributed by atoms with Crippen LogP contribution in [0.5, 0.6) is 0 Å². The van der Waals surface area contributed by atoms with Gasteiger partial charge in [0.2, 0.25) is 0 Å². The van der Waals surface area contributed by atoms with Gasteiger partial charge in [0.25, 0.3) is 0 Å². The van der Waals surface area contributed by atoms with E-state index in [1.165, 1.54) is 0 Å². The van der Waals surface area contributed by atoms with Gasteiger partial charge in [0, 0.05) is 12.0 Å². The lowest BCUT2D eigenvalue weighted by molar-refractivity contribution is -0.122. The number of nitrogens with two attached hydrogens (primary N) is 1. The Morgan fingerprint density at radius 3 is 2.54 bits per heavy atom. The second-order valence-corrected chi connectivity index (χ2v) is 3.68. The minimum Gasteiger partial charge on any atom is -0.328 e. The number of carbonyl (C=O) groups is 1. The van der Waals surface area contributed by atoms with Crippen LogP contribution in [0.3, 0.4) is 0 Å². The third-order valence-electron chi connectivity index (χ3n) is 2.67. The number of Topliss-reactive ketones (excluding diaryl/α,β-unsaturated/α-hetero) is 1. The molecule has 0 atom stereocenters. The molecule has 0 aromatic carbocycles. The summed E-state index contributed by atoms with van der Waals surface area (Å²) in [7, 11) is 0. The number of rotatable bonds is 2. The summed E-state index contributed by atoms with van der Waals surface area (Å²) in [6.45, 7) is 1.77. The molecule has 1 saturated carbocycles. The summed E-state index contributed by atoms with van der Waals surface area (Å²) in [6, 6.07) is 0.321. The molecule has 0 radical (unpaired) electrons. The predicted molar refractivity (Wildman–Crippen MR) is 53.0 cm³/mol. The molecule has 1 aliphatic carbocycles. The molecule has 1 rings (SSSR count). The summed E-state index contributed by atoms with van der Waals surface area (Å²) in [4.78, 5) is 11.5. The van der Waals surface area contributed by atoms with Crippen LogP contribution in [-0.2, 0) is 4.79 Å². The lowest BCUT2D eigenvalue weighted by Gasteiger charge is -2.24. The van der Waals surface area contributed by atoms with Crippen molar-refractivity contribution >= 4 is 5.78 Å². The quantitative estimate of drug-likeness (QED) is 0.652. The smallest absolute Gasteiger partial charge is 0.147 e. The fourth-order valence-electron chi connectivity index (χ4n) is 1.76. The van der Waals surface area contributed by atoms with Gasteiger partial charge in [0.15, 0.2) is 0 Å². The Bertz CT molecular complexity index is 228. The average molecular weight is 179 g/mol. The Hall–Kier alpha value is -0.810. The fourth-order valence-corrected chi connectivity index (χ4v) is 1.76. The van der Waals surface area contributed by atoms with E-state index in [1.54, 1.807) is 6.92 Å². The zero-order valence-corrected chi connectivity index (χ0v) is 8.18. The van der Waals surface area contributed by atoms with E-state index in [4.69, 9.17) is 5.73 Å². The van der Waals surface area contributed by atoms with Crippen molar-refractivity contribution in [3.8, 4) is 11.8 Å². The lowest BCUT2D eigenvalue weighted by atomic mass is 9.83. The molecule has 0 bridgehead atoms. The molecular formula is C11H17NO. The SMILES string of the molecule is CC#CCC(=O)C1CCC(N)CC1. The molecule has 1 fully saturated rings. The Morgan fingerprint density at radius 2 is 2.00 bits per heavy atom. The van der Waals surface area contributed by atoms with Crippen molar-refractivity contribution in [3.05, 3.63) is 0 Å². The second kappa shape index (κ2) is 5.04. The molecule has 0 aromatic rings. The number of hydrogen-bond donors (Lipinski definition) is 1. The highest BCUT2D eigenvalue weighted by molar-refractivity contribution is 5.83. The zero-order chi connectivity index (χ0) is 9.68. The van der Waals surface area contributed by atoms with Crippen LogP contribution >= 0.6 is 0 Å². The Kier molecular flexibility index (Phi) is 3.98. The van der Waals surface area contributed by atoms with Gasteiger partial charge in [-0.2, -0.15) is 0 Å². The maximum Gasteiger partial charge on any atom is 0.147 e. The minimum absolute atomic E-state index is 0.237. The molecular weight excluding hydrogens is 162 g/mol. The molecule has 0 saturated heterocycles. The first-order valence-corrected chi connectivity index (χ1v) is 4.92. The molecule has 2 N–H and O–H groups in total. The third-order valence-corrected chi connectivity index (χ3v) is 2.67. The van der Waals surface area contributed by atoms with Gasteiger partial charge in [-0.3, -0.25) is 4.79 Å².